The first-order valence-corrected chi connectivity index (χ1v) is 7.85. The van der Waals surface area contributed by atoms with Crippen molar-refractivity contribution in [3.8, 4) is 5.88 Å². The van der Waals surface area contributed by atoms with Crippen LogP contribution in [0, 0.1) is 0 Å². The second-order valence-corrected chi connectivity index (χ2v) is 5.88. The van der Waals surface area contributed by atoms with Crippen molar-refractivity contribution in [3.05, 3.63) is 82.0 Å². The Bertz CT molecular complexity index is 785. The average molecular weight is 346 g/mol. The van der Waals surface area contributed by atoms with Crippen LogP contribution >= 0.6 is 23.2 Å². The van der Waals surface area contributed by atoms with Gasteiger partial charge in [0.1, 0.15) is 6.10 Å². The molecule has 3 nitrogen and oxygen atoms in total. The van der Waals surface area contributed by atoms with Crippen LogP contribution < -0.4 is 4.74 Å². The van der Waals surface area contributed by atoms with E-state index in [-0.39, 0.29) is 11.9 Å². The van der Waals surface area contributed by atoms with E-state index in [9.17, 15) is 4.79 Å². The van der Waals surface area contributed by atoms with Gasteiger partial charge in [0.2, 0.25) is 5.88 Å². The second-order valence-electron chi connectivity index (χ2n) is 5.03. The van der Waals surface area contributed by atoms with Gasteiger partial charge in [-0.1, -0.05) is 41.4 Å². The third kappa shape index (κ3) is 3.81. The van der Waals surface area contributed by atoms with Crippen molar-refractivity contribution in [2.45, 2.75) is 12.5 Å². The molecule has 5 heteroatoms. The number of halogens is 2. The van der Waals surface area contributed by atoms with Crippen LogP contribution in [0.15, 0.2) is 66.4 Å². The number of Topliss-reactive ketones (excluding diaryl/α,β-unsaturated/α-hetero) is 1. The molecule has 116 valence electrons. The van der Waals surface area contributed by atoms with Crippen LogP contribution in [0.1, 0.15) is 16.8 Å². The monoisotopic (exact) mass is 345 g/mol. The lowest BCUT2D eigenvalue weighted by Gasteiger charge is -2.17. The minimum Gasteiger partial charge on any atom is -0.470 e. The third-order valence-corrected chi connectivity index (χ3v) is 3.97. The number of carbonyl (C=O) groups is 1. The lowest BCUT2D eigenvalue weighted by Crippen LogP contribution is -2.17. The molecule has 23 heavy (non-hydrogen) atoms. The molecule has 1 atom stereocenters. The number of rotatable bonds is 4. The van der Waals surface area contributed by atoms with E-state index < -0.39 is 0 Å². The Kier molecular flexibility index (Phi) is 4.79. The standard InChI is InChI=1S/C18H13Cl2NO2/c19-13-6-9-16(20)15(11-13)18(22)12-4-7-14(8-5-12)23-17-3-1-2-10-21-17/h1-7,9-11,14H,8H2. The van der Waals surface area contributed by atoms with Gasteiger partial charge in [-0.25, -0.2) is 4.98 Å². The topological polar surface area (TPSA) is 39.2 Å². The number of allylic oxidation sites excluding steroid dienone is 2. The molecule has 0 fully saturated rings. The Morgan fingerprint density at radius 2 is 2.09 bits per heavy atom. The summed E-state index contributed by atoms with van der Waals surface area (Å²) in [5.74, 6) is 0.410. The summed E-state index contributed by atoms with van der Waals surface area (Å²) < 4.78 is 5.73. The molecule has 2 aromatic rings. The molecule has 0 saturated heterocycles. The van der Waals surface area contributed by atoms with E-state index >= 15 is 0 Å². The molecule has 3 rings (SSSR count). The Hall–Kier alpha value is -2.10. The number of carbonyl (C=O) groups excluding carboxylic acids is 1. The van der Waals surface area contributed by atoms with Gasteiger partial charge in [0, 0.05) is 34.8 Å². The zero-order chi connectivity index (χ0) is 16.2. The molecule has 1 aliphatic carbocycles. The van der Waals surface area contributed by atoms with Crippen molar-refractivity contribution in [1.29, 1.82) is 0 Å². The fraction of sp³-hybridized carbons (Fsp3) is 0.111. The summed E-state index contributed by atoms with van der Waals surface area (Å²) in [5, 5.41) is 0.870. The summed E-state index contributed by atoms with van der Waals surface area (Å²) in [6.07, 6.45) is 7.56. The van der Waals surface area contributed by atoms with Crippen LogP contribution in [0.2, 0.25) is 10.0 Å². The molecule has 0 saturated carbocycles. The van der Waals surface area contributed by atoms with E-state index in [1.807, 2.05) is 24.3 Å². The molecular formula is C18H13Cl2NO2. The quantitative estimate of drug-likeness (QED) is 0.739. The van der Waals surface area contributed by atoms with Crippen molar-refractivity contribution in [1.82, 2.24) is 4.98 Å². The minimum atomic E-state index is -0.148. The molecule has 0 aliphatic heterocycles. The average Bonchev–Trinajstić information content (AvgIpc) is 2.58. The molecule has 1 aromatic heterocycles. The van der Waals surface area contributed by atoms with Gasteiger partial charge in [-0.2, -0.15) is 0 Å². The number of ether oxygens (including phenoxy) is 1. The second kappa shape index (κ2) is 6.99. The van der Waals surface area contributed by atoms with Gasteiger partial charge in [0.25, 0.3) is 0 Å². The molecule has 0 amide bonds. The molecular weight excluding hydrogens is 333 g/mol. The van der Waals surface area contributed by atoms with E-state index in [1.165, 1.54) is 0 Å². The van der Waals surface area contributed by atoms with Gasteiger partial charge in [-0.3, -0.25) is 4.79 Å². The van der Waals surface area contributed by atoms with Gasteiger partial charge < -0.3 is 4.74 Å². The van der Waals surface area contributed by atoms with Crippen molar-refractivity contribution in [3.63, 3.8) is 0 Å². The maximum Gasteiger partial charge on any atom is 0.213 e. The lowest BCUT2D eigenvalue weighted by atomic mass is 9.97. The highest BCUT2D eigenvalue weighted by atomic mass is 35.5. The zero-order valence-electron chi connectivity index (χ0n) is 12.1. The first-order valence-electron chi connectivity index (χ1n) is 7.09. The van der Waals surface area contributed by atoms with Gasteiger partial charge >= 0.3 is 0 Å². The Morgan fingerprint density at radius 1 is 1.22 bits per heavy atom. The number of ketones is 1. The maximum absolute atomic E-state index is 12.5. The summed E-state index contributed by atoms with van der Waals surface area (Å²) >= 11 is 12.0. The number of benzene rings is 1. The van der Waals surface area contributed by atoms with Gasteiger partial charge in [-0.05, 0) is 30.3 Å². The molecule has 0 bridgehead atoms. The SMILES string of the molecule is O=C(C1=CCC(Oc2ccccn2)C=C1)c1cc(Cl)ccc1Cl. The molecule has 0 N–H and O–H groups in total. The predicted octanol–water partition coefficient (Wildman–Crippen LogP) is 4.91. The van der Waals surface area contributed by atoms with E-state index in [4.69, 9.17) is 27.9 Å². The summed E-state index contributed by atoms with van der Waals surface area (Å²) in [6, 6.07) is 10.3. The van der Waals surface area contributed by atoms with Crippen LogP contribution in [-0.4, -0.2) is 16.9 Å². The van der Waals surface area contributed by atoms with Crippen molar-refractivity contribution in [2.75, 3.05) is 0 Å². The fourth-order valence-electron chi connectivity index (χ4n) is 2.26. The summed E-state index contributed by atoms with van der Waals surface area (Å²) in [5.41, 5.74) is 0.981. The molecule has 1 unspecified atom stereocenters. The van der Waals surface area contributed by atoms with E-state index in [1.54, 1.807) is 36.5 Å². The smallest absolute Gasteiger partial charge is 0.213 e. The normalized spacial score (nSPS) is 16.8. The fourth-order valence-corrected chi connectivity index (χ4v) is 2.63. The molecule has 1 aromatic carbocycles. The van der Waals surface area contributed by atoms with Gasteiger partial charge in [0.15, 0.2) is 5.78 Å². The van der Waals surface area contributed by atoms with Crippen LogP contribution in [0.5, 0.6) is 5.88 Å². The third-order valence-electron chi connectivity index (χ3n) is 3.41. The Morgan fingerprint density at radius 3 is 2.78 bits per heavy atom. The first kappa shape index (κ1) is 15.8. The molecule has 1 heterocycles. The van der Waals surface area contributed by atoms with Crippen molar-refractivity contribution >= 4 is 29.0 Å². The van der Waals surface area contributed by atoms with Gasteiger partial charge in [0.05, 0.1) is 5.02 Å². The largest absolute Gasteiger partial charge is 0.470 e. The maximum atomic E-state index is 12.5. The van der Waals surface area contributed by atoms with E-state index in [2.05, 4.69) is 4.98 Å². The van der Waals surface area contributed by atoms with Crippen molar-refractivity contribution in [2.24, 2.45) is 0 Å². The number of pyridine rings is 1. The van der Waals surface area contributed by atoms with Crippen LogP contribution in [-0.2, 0) is 0 Å². The van der Waals surface area contributed by atoms with Crippen LogP contribution in [0.3, 0.4) is 0 Å². The molecule has 0 spiro atoms. The lowest BCUT2D eigenvalue weighted by molar-refractivity contribution is 0.103. The summed E-state index contributed by atoms with van der Waals surface area (Å²) in [6.45, 7) is 0. The van der Waals surface area contributed by atoms with Crippen molar-refractivity contribution < 1.29 is 9.53 Å². The number of hydrogen-bond acceptors (Lipinski definition) is 3. The predicted molar refractivity (Wildman–Crippen MR) is 91.3 cm³/mol. The van der Waals surface area contributed by atoms with E-state index in [0.717, 1.165) is 0 Å². The Balaban J connectivity index is 1.71. The minimum absolute atomic E-state index is 0.142. The molecule has 0 radical (unpaired) electrons. The van der Waals surface area contributed by atoms with E-state index in [0.29, 0.717) is 33.5 Å². The van der Waals surface area contributed by atoms with Gasteiger partial charge in [-0.15, -0.1) is 0 Å². The Labute approximate surface area is 144 Å². The first-order chi connectivity index (χ1) is 11.1. The number of hydrogen-bond donors (Lipinski definition) is 0. The summed E-state index contributed by atoms with van der Waals surface area (Å²) in [7, 11) is 0. The molecule has 1 aliphatic rings. The highest BCUT2D eigenvalue weighted by molar-refractivity contribution is 6.36. The van der Waals surface area contributed by atoms with Crippen LogP contribution in [0.4, 0.5) is 0 Å². The number of aromatic nitrogens is 1. The zero-order valence-corrected chi connectivity index (χ0v) is 13.6. The van der Waals surface area contributed by atoms with Crippen LogP contribution in [0.25, 0.3) is 0 Å². The highest BCUT2D eigenvalue weighted by Gasteiger charge is 2.18. The summed E-state index contributed by atoms with van der Waals surface area (Å²) in [4.78, 5) is 16.6. The highest BCUT2D eigenvalue weighted by Crippen LogP contribution is 2.25. The number of nitrogens with zero attached hydrogens (tertiary/aromatic N) is 1.